The molecule has 2 aromatic heterocycles. The van der Waals surface area contributed by atoms with E-state index in [0.29, 0.717) is 21.1 Å². The molecule has 0 amide bonds. The number of hydrogen-bond donors (Lipinski definition) is 1. The summed E-state index contributed by atoms with van der Waals surface area (Å²) in [4.78, 5) is 23.4. The van der Waals surface area contributed by atoms with E-state index in [-0.39, 0.29) is 5.56 Å². The smallest absolute Gasteiger partial charge is 0.264 e. The molecule has 0 atom stereocenters. The summed E-state index contributed by atoms with van der Waals surface area (Å²) in [5.41, 5.74) is 0.854. The molecule has 1 N–H and O–H groups in total. The molecule has 3 rings (SSSR count). The van der Waals surface area contributed by atoms with E-state index in [4.69, 9.17) is 0 Å². The van der Waals surface area contributed by atoms with Gasteiger partial charge in [-0.05, 0) is 35.4 Å². The minimum Gasteiger partial charge on any atom is -0.331 e. The first-order valence-electron chi connectivity index (χ1n) is 5.44. The van der Waals surface area contributed by atoms with E-state index in [2.05, 4.69) is 37.5 Å². The molecule has 88 valence electrons. The summed E-state index contributed by atoms with van der Waals surface area (Å²) in [7, 11) is 1.89. The molecule has 0 spiro atoms. The van der Waals surface area contributed by atoms with E-state index < -0.39 is 0 Å². The predicted molar refractivity (Wildman–Crippen MR) is 71.8 cm³/mol. The van der Waals surface area contributed by atoms with Crippen LogP contribution >= 0.6 is 22.6 Å². The normalized spacial score (nSPS) is 15.2. The lowest BCUT2D eigenvalue weighted by Gasteiger charge is -2.05. The van der Waals surface area contributed by atoms with Gasteiger partial charge in [0.2, 0.25) is 0 Å². The fourth-order valence-corrected chi connectivity index (χ4v) is 2.50. The Morgan fingerprint density at radius 3 is 2.88 bits per heavy atom. The van der Waals surface area contributed by atoms with Crippen molar-refractivity contribution < 1.29 is 0 Å². The lowest BCUT2D eigenvalue weighted by Crippen LogP contribution is -2.17. The summed E-state index contributed by atoms with van der Waals surface area (Å²) in [6.07, 6.45) is 5.80. The molecule has 0 radical (unpaired) electrons. The quantitative estimate of drug-likeness (QED) is 0.845. The molecule has 0 unspecified atom stereocenters. The van der Waals surface area contributed by atoms with Crippen molar-refractivity contribution in [3.63, 3.8) is 0 Å². The third-order valence-electron chi connectivity index (χ3n) is 2.89. The Labute approximate surface area is 111 Å². The molecular weight excluding hydrogens is 331 g/mol. The molecule has 1 saturated carbocycles. The average Bonchev–Trinajstić information content (AvgIpc) is 3.05. The Morgan fingerprint density at radius 2 is 2.29 bits per heavy atom. The van der Waals surface area contributed by atoms with Gasteiger partial charge >= 0.3 is 0 Å². The molecule has 5 nitrogen and oxygen atoms in total. The molecule has 2 aromatic rings. The van der Waals surface area contributed by atoms with Gasteiger partial charge in [0.1, 0.15) is 3.57 Å². The van der Waals surface area contributed by atoms with Crippen LogP contribution in [-0.4, -0.2) is 19.5 Å². The van der Waals surface area contributed by atoms with Crippen molar-refractivity contribution in [3.05, 3.63) is 32.0 Å². The van der Waals surface area contributed by atoms with Crippen LogP contribution in [0.2, 0.25) is 0 Å². The Balaban J connectivity index is 2.18. The zero-order chi connectivity index (χ0) is 12.0. The molecule has 1 aliphatic rings. The second-order valence-electron chi connectivity index (χ2n) is 4.25. The Morgan fingerprint density at radius 1 is 1.53 bits per heavy atom. The van der Waals surface area contributed by atoms with Crippen LogP contribution in [0.15, 0.2) is 17.2 Å². The fourth-order valence-electron chi connectivity index (χ4n) is 1.80. The minimum atomic E-state index is -0.0690. The maximum Gasteiger partial charge on any atom is 0.264 e. The second-order valence-corrected chi connectivity index (χ2v) is 5.33. The number of aryl methyl sites for hydroxylation is 1. The molecule has 6 heteroatoms. The standard InChI is InChI=1S/C11H11IN4O/c1-16-5-4-13-10(16)9-14-8(6-2-3-6)7(12)11(17)15-9/h4-6H,2-3H2,1H3,(H,14,15,17). The van der Waals surface area contributed by atoms with Crippen LogP contribution < -0.4 is 5.56 Å². The minimum absolute atomic E-state index is 0.0690. The van der Waals surface area contributed by atoms with E-state index in [1.165, 1.54) is 0 Å². The summed E-state index contributed by atoms with van der Waals surface area (Å²) >= 11 is 2.07. The number of aromatic nitrogens is 4. The van der Waals surface area contributed by atoms with E-state index in [1.807, 2.05) is 17.8 Å². The number of imidazole rings is 1. The number of aromatic amines is 1. The molecule has 2 heterocycles. The second kappa shape index (κ2) is 3.94. The largest absolute Gasteiger partial charge is 0.331 e. The topological polar surface area (TPSA) is 63.6 Å². The number of halogens is 1. The van der Waals surface area contributed by atoms with Gasteiger partial charge in [0.15, 0.2) is 11.6 Å². The maximum absolute atomic E-state index is 11.9. The van der Waals surface area contributed by atoms with E-state index >= 15 is 0 Å². The highest BCUT2D eigenvalue weighted by atomic mass is 127. The first-order chi connectivity index (χ1) is 8.16. The summed E-state index contributed by atoms with van der Waals surface area (Å²) in [6.45, 7) is 0. The summed E-state index contributed by atoms with van der Waals surface area (Å²) in [6, 6.07) is 0. The predicted octanol–water partition coefficient (Wildman–Crippen LogP) is 1.65. The maximum atomic E-state index is 11.9. The lowest BCUT2D eigenvalue weighted by atomic mass is 10.3. The van der Waals surface area contributed by atoms with Gasteiger partial charge in [0.05, 0.1) is 5.69 Å². The van der Waals surface area contributed by atoms with Crippen molar-refractivity contribution in [2.24, 2.45) is 7.05 Å². The van der Waals surface area contributed by atoms with Gasteiger partial charge in [-0.2, -0.15) is 0 Å². The summed E-state index contributed by atoms with van der Waals surface area (Å²) in [5.74, 6) is 1.72. The van der Waals surface area contributed by atoms with Crippen LogP contribution in [0.25, 0.3) is 11.6 Å². The van der Waals surface area contributed by atoms with Gasteiger partial charge < -0.3 is 9.55 Å². The Kier molecular flexibility index (Phi) is 2.53. The fraction of sp³-hybridized carbons (Fsp3) is 0.364. The van der Waals surface area contributed by atoms with Crippen molar-refractivity contribution in [2.75, 3.05) is 0 Å². The number of nitrogens with one attached hydrogen (secondary N) is 1. The van der Waals surface area contributed by atoms with Crippen LogP contribution in [0, 0.1) is 3.57 Å². The SMILES string of the molecule is Cn1ccnc1-c1nc(C2CC2)c(I)c(=O)[nH]1. The summed E-state index contributed by atoms with van der Waals surface area (Å²) in [5, 5.41) is 0. The molecule has 0 bridgehead atoms. The molecule has 1 aliphatic carbocycles. The monoisotopic (exact) mass is 342 g/mol. The van der Waals surface area contributed by atoms with Crippen molar-refractivity contribution >= 4 is 22.6 Å². The molecular formula is C11H11IN4O. The van der Waals surface area contributed by atoms with Crippen LogP contribution in [0.1, 0.15) is 24.5 Å². The molecule has 0 aromatic carbocycles. The Hall–Kier alpha value is -1.18. The third-order valence-corrected chi connectivity index (χ3v) is 3.93. The van der Waals surface area contributed by atoms with Crippen molar-refractivity contribution in [1.29, 1.82) is 0 Å². The van der Waals surface area contributed by atoms with Gasteiger partial charge in [0.25, 0.3) is 5.56 Å². The molecule has 17 heavy (non-hydrogen) atoms. The van der Waals surface area contributed by atoms with Gasteiger partial charge in [0, 0.05) is 25.4 Å². The highest BCUT2D eigenvalue weighted by molar-refractivity contribution is 14.1. The van der Waals surface area contributed by atoms with Crippen LogP contribution in [0.5, 0.6) is 0 Å². The molecule has 0 saturated heterocycles. The van der Waals surface area contributed by atoms with Crippen LogP contribution in [-0.2, 0) is 7.05 Å². The van der Waals surface area contributed by atoms with Gasteiger partial charge in [-0.15, -0.1) is 0 Å². The highest BCUT2D eigenvalue weighted by Gasteiger charge is 2.29. The number of hydrogen-bond acceptors (Lipinski definition) is 3. The first kappa shape index (κ1) is 10.9. The zero-order valence-electron chi connectivity index (χ0n) is 9.27. The van der Waals surface area contributed by atoms with E-state index in [1.54, 1.807) is 6.20 Å². The van der Waals surface area contributed by atoms with Gasteiger partial charge in [-0.1, -0.05) is 0 Å². The first-order valence-corrected chi connectivity index (χ1v) is 6.52. The van der Waals surface area contributed by atoms with E-state index in [9.17, 15) is 4.79 Å². The van der Waals surface area contributed by atoms with Crippen molar-refractivity contribution in [2.45, 2.75) is 18.8 Å². The number of rotatable bonds is 2. The lowest BCUT2D eigenvalue weighted by molar-refractivity contribution is 0.883. The number of nitrogens with zero attached hydrogens (tertiary/aromatic N) is 3. The average molecular weight is 342 g/mol. The van der Waals surface area contributed by atoms with Gasteiger partial charge in [-0.3, -0.25) is 4.79 Å². The van der Waals surface area contributed by atoms with Gasteiger partial charge in [-0.25, -0.2) is 9.97 Å². The molecule has 0 aliphatic heterocycles. The zero-order valence-corrected chi connectivity index (χ0v) is 11.4. The third kappa shape index (κ3) is 1.90. The van der Waals surface area contributed by atoms with Crippen LogP contribution in [0.4, 0.5) is 0 Å². The van der Waals surface area contributed by atoms with Crippen LogP contribution in [0.3, 0.4) is 0 Å². The van der Waals surface area contributed by atoms with Crippen molar-refractivity contribution in [3.8, 4) is 11.6 Å². The van der Waals surface area contributed by atoms with Crippen molar-refractivity contribution in [1.82, 2.24) is 19.5 Å². The van der Waals surface area contributed by atoms with E-state index in [0.717, 1.165) is 18.5 Å². The summed E-state index contributed by atoms with van der Waals surface area (Å²) < 4.78 is 2.56. The highest BCUT2D eigenvalue weighted by Crippen LogP contribution is 2.40. The molecule has 1 fully saturated rings. The Bertz CT molecular complexity index is 627. The number of H-pyrrole nitrogens is 1.